The largest absolute Gasteiger partial charge is 0.415 e. The van der Waals surface area contributed by atoms with Gasteiger partial charge in [0.05, 0.1) is 5.69 Å². The lowest BCUT2D eigenvalue weighted by Gasteiger charge is -2.21. The standard InChI is InChI=1S/C18H21N3O2/c22-18(23-17-8-2-1-3-9-17)21-12-6-11-20(13-14-21)15-16-7-4-5-10-19-16/h1-5,7-10H,6,11-15H2. The van der Waals surface area contributed by atoms with Crippen molar-refractivity contribution in [3.8, 4) is 5.75 Å². The van der Waals surface area contributed by atoms with E-state index >= 15 is 0 Å². The molecule has 0 atom stereocenters. The van der Waals surface area contributed by atoms with E-state index in [0.717, 1.165) is 38.3 Å². The van der Waals surface area contributed by atoms with E-state index in [9.17, 15) is 4.79 Å². The van der Waals surface area contributed by atoms with Gasteiger partial charge in [0.25, 0.3) is 0 Å². The molecule has 0 bridgehead atoms. The molecule has 1 aliphatic rings. The SMILES string of the molecule is O=C(Oc1ccccc1)N1CCCN(Cc2ccccn2)CC1. The highest BCUT2D eigenvalue weighted by atomic mass is 16.6. The first kappa shape index (κ1) is 15.5. The molecule has 1 aromatic carbocycles. The summed E-state index contributed by atoms with van der Waals surface area (Å²) in [4.78, 5) is 20.7. The smallest absolute Gasteiger partial charge is 0.410 e. The van der Waals surface area contributed by atoms with Crippen LogP contribution in [0.1, 0.15) is 12.1 Å². The average molecular weight is 311 g/mol. The van der Waals surface area contributed by atoms with Crippen LogP contribution in [0.5, 0.6) is 5.75 Å². The highest BCUT2D eigenvalue weighted by Crippen LogP contribution is 2.12. The van der Waals surface area contributed by atoms with Gasteiger partial charge in [0, 0.05) is 38.9 Å². The lowest BCUT2D eigenvalue weighted by atomic mass is 10.3. The summed E-state index contributed by atoms with van der Waals surface area (Å²) in [6, 6.07) is 15.2. The maximum absolute atomic E-state index is 12.3. The van der Waals surface area contributed by atoms with Crippen molar-refractivity contribution in [2.45, 2.75) is 13.0 Å². The van der Waals surface area contributed by atoms with Gasteiger partial charge in [0.2, 0.25) is 0 Å². The fourth-order valence-corrected chi connectivity index (χ4v) is 2.69. The Morgan fingerprint density at radius 1 is 1.00 bits per heavy atom. The van der Waals surface area contributed by atoms with Gasteiger partial charge >= 0.3 is 6.09 Å². The van der Waals surface area contributed by atoms with Gasteiger partial charge in [-0.1, -0.05) is 24.3 Å². The molecule has 1 aliphatic heterocycles. The van der Waals surface area contributed by atoms with Gasteiger partial charge in [-0.05, 0) is 30.7 Å². The average Bonchev–Trinajstić information content (AvgIpc) is 2.82. The maximum Gasteiger partial charge on any atom is 0.415 e. The maximum atomic E-state index is 12.3. The van der Waals surface area contributed by atoms with Crippen LogP contribution in [0, 0.1) is 0 Å². The summed E-state index contributed by atoms with van der Waals surface area (Å²) in [5, 5.41) is 0. The first-order valence-electron chi connectivity index (χ1n) is 7.95. The predicted molar refractivity (Wildman–Crippen MR) is 88.2 cm³/mol. The zero-order valence-electron chi connectivity index (χ0n) is 13.1. The van der Waals surface area contributed by atoms with Crippen LogP contribution in [0.25, 0.3) is 0 Å². The van der Waals surface area contributed by atoms with E-state index in [2.05, 4.69) is 9.88 Å². The molecule has 5 nitrogen and oxygen atoms in total. The summed E-state index contributed by atoms with van der Waals surface area (Å²) in [6.07, 6.45) is 2.49. The molecule has 0 N–H and O–H groups in total. The minimum atomic E-state index is -0.268. The summed E-state index contributed by atoms with van der Waals surface area (Å²) in [7, 11) is 0. The number of hydrogen-bond acceptors (Lipinski definition) is 4. The van der Waals surface area contributed by atoms with Crippen LogP contribution in [0.3, 0.4) is 0 Å². The topological polar surface area (TPSA) is 45.7 Å². The lowest BCUT2D eigenvalue weighted by molar-refractivity contribution is 0.153. The number of ether oxygens (including phenoxy) is 1. The van der Waals surface area contributed by atoms with Crippen molar-refractivity contribution in [1.29, 1.82) is 0 Å². The molecular weight excluding hydrogens is 290 g/mol. The molecule has 23 heavy (non-hydrogen) atoms. The Hall–Kier alpha value is -2.40. The Balaban J connectivity index is 1.53. The van der Waals surface area contributed by atoms with Crippen molar-refractivity contribution in [3.63, 3.8) is 0 Å². The van der Waals surface area contributed by atoms with E-state index in [1.54, 1.807) is 17.0 Å². The van der Waals surface area contributed by atoms with Crippen molar-refractivity contribution < 1.29 is 9.53 Å². The highest BCUT2D eigenvalue weighted by molar-refractivity contribution is 5.70. The number of amides is 1. The number of benzene rings is 1. The van der Waals surface area contributed by atoms with Crippen molar-refractivity contribution in [3.05, 3.63) is 60.4 Å². The molecule has 3 rings (SSSR count). The summed E-state index contributed by atoms with van der Waals surface area (Å²) >= 11 is 0. The summed E-state index contributed by atoms with van der Waals surface area (Å²) in [6.45, 7) is 4.03. The van der Waals surface area contributed by atoms with Crippen molar-refractivity contribution >= 4 is 6.09 Å². The molecule has 0 radical (unpaired) electrons. The minimum Gasteiger partial charge on any atom is -0.410 e. The first-order chi connectivity index (χ1) is 11.3. The second kappa shape index (κ2) is 7.74. The highest BCUT2D eigenvalue weighted by Gasteiger charge is 2.20. The van der Waals surface area contributed by atoms with Crippen molar-refractivity contribution in [2.24, 2.45) is 0 Å². The zero-order valence-corrected chi connectivity index (χ0v) is 13.1. The van der Waals surface area contributed by atoms with Gasteiger partial charge in [-0.25, -0.2) is 4.79 Å². The van der Waals surface area contributed by atoms with Crippen LogP contribution in [-0.4, -0.2) is 47.1 Å². The molecule has 2 heterocycles. The first-order valence-corrected chi connectivity index (χ1v) is 7.95. The summed E-state index contributed by atoms with van der Waals surface area (Å²) in [5.74, 6) is 0.590. The van der Waals surface area contributed by atoms with Gasteiger partial charge < -0.3 is 9.64 Å². The van der Waals surface area contributed by atoms with Crippen LogP contribution >= 0.6 is 0 Å². The number of pyridine rings is 1. The molecular formula is C18H21N3O2. The molecule has 1 fully saturated rings. The number of hydrogen-bond donors (Lipinski definition) is 0. The molecule has 0 aliphatic carbocycles. The fraction of sp³-hybridized carbons (Fsp3) is 0.333. The summed E-state index contributed by atoms with van der Waals surface area (Å²) in [5.41, 5.74) is 1.06. The minimum absolute atomic E-state index is 0.268. The molecule has 0 unspecified atom stereocenters. The van der Waals surface area contributed by atoms with Gasteiger partial charge in [-0.2, -0.15) is 0 Å². The molecule has 1 saturated heterocycles. The number of rotatable bonds is 3. The third kappa shape index (κ3) is 4.53. The zero-order chi connectivity index (χ0) is 15.9. The van der Waals surface area contributed by atoms with Crippen molar-refractivity contribution in [1.82, 2.24) is 14.8 Å². The molecule has 2 aromatic rings. The van der Waals surface area contributed by atoms with Crippen molar-refractivity contribution in [2.75, 3.05) is 26.2 Å². The molecule has 5 heteroatoms. The normalized spacial score (nSPS) is 15.9. The Morgan fingerprint density at radius 3 is 2.61 bits per heavy atom. The molecule has 0 saturated carbocycles. The van der Waals surface area contributed by atoms with Crippen LogP contribution in [0.4, 0.5) is 4.79 Å². The second-order valence-electron chi connectivity index (χ2n) is 5.62. The number of aromatic nitrogens is 1. The van der Waals surface area contributed by atoms with E-state index < -0.39 is 0 Å². The Labute approximate surface area is 136 Å². The number of carbonyl (C=O) groups excluding carboxylic acids is 1. The van der Waals surface area contributed by atoms with Gasteiger partial charge in [-0.15, -0.1) is 0 Å². The van der Waals surface area contributed by atoms with E-state index in [4.69, 9.17) is 4.74 Å². The Morgan fingerprint density at radius 2 is 1.83 bits per heavy atom. The number of nitrogens with zero attached hydrogens (tertiary/aromatic N) is 3. The van der Waals surface area contributed by atoms with Crippen LogP contribution in [0.2, 0.25) is 0 Å². The molecule has 1 amide bonds. The lowest BCUT2D eigenvalue weighted by Crippen LogP contribution is -2.37. The molecule has 0 spiro atoms. The Kier molecular flexibility index (Phi) is 5.21. The van der Waals surface area contributed by atoms with E-state index in [1.807, 2.05) is 42.6 Å². The van der Waals surface area contributed by atoms with Gasteiger partial charge in [0.1, 0.15) is 5.75 Å². The third-order valence-electron chi connectivity index (χ3n) is 3.91. The molecule has 120 valence electrons. The summed E-state index contributed by atoms with van der Waals surface area (Å²) < 4.78 is 5.42. The Bertz CT molecular complexity index is 619. The number of para-hydroxylation sites is 1. The van der Waals surface area contributed by atoms with Gasteiger partial charge in [0.15, 0.2) is 0 Å². The van der Waals surface area contributed by atoms with Crippen LogP contribution < -0.4 is 4.74 Å². The second-order valence-corrected chi connectivity index (χ2v) is 5.62. The monoisotopic (exact) mass is 311 g/mol. The number of carbonyl (C=O) groups is 1. The predicted octanol–water partition coefficient (Wildman–Crippen LogP) is 2.79. The third-order valence-corrected chi connectivity index (χ3v) is 3.91. The molecule has 1 aromatic heterocycles. The van der Waals surface area contributed by atoms with E-state index in [1.165, 1.54) is 0 Å². The van der Waals surface area contributed by atoms with E-state index in [0.29, 0.717) is 12.3 Å². The fourth-order valence-electron chi connectivity index (χ4n) is 2.69. The quantitative estimate of drug-likeness (QED) is 0.874. The van der Waals surface area contributed by atoms with Crippen LogP contribution in [0.15, 0.2) is 54.7 Å². The van der Waals surface area contributed by atoms with E-state index in [-0.39, 0.29) is 6.09 Å². The van der Waals surface area contributed by atoms with Crippen LogP contribution in [-0.2, 0) is 6.54 Å². The van der Waals surface area contributed by atoms with Gasteiger partial charge in [-0.3, -0.25) is 9.88 Å².